The second-order valence-corrected chi connectivity index (χ2v) is 5.30. The third-order valence-corrected chi connectivity index (χ3v) is 3.32. The summed E-state index contributed by atoms with van der Waals surface area (Å²) >= 11 is 0. The van der Waals surface area contributed by atoms with Gasteiger partial charge in [-0.1, -0.05) is 60.7 Å². The number of hydroxylamine groups is 2. The first-order chi connectivity index (χ1) is 11.5. The van der Waals surface area contributed by atoms with E-state index in [1.54, 1.807) is 0 Å². The van der Waals surface area contributed by atoms with Gasteiger partial charge in [0.05, 0.1) is 6.42 Å². The van der Waals surface area contributed by atoms with Crippen molar-refractivity contribution in [3.8, 4) is 0 Å². The van der Waals surface area contributed by atoms with Crippen LogP contribution in [-0.4, -0.2) is 33.3 Å². The van der Waals surface area contributed by atoms with Gasteiger partial charge in [-0.05, 0) is 11.1 Å². The maximum absolute atomic E-state index is 11.3. The number of carboxylic acids is 2. The Bertz CT molecular complexity index is 618. The summed E-state index contributed by atoms with van der Waals surface area (Å²) in [6, 6.07) is 18.9. The molecule has 0 aromatic heterocycles. The smallest absolute Gasteiger partial charge is 0.335 e. The topological polar surface area (TPSA) is 87.1 Å². The van der Waals surface area contributed by atoms with Gasteiger partial charge >= 0.3 is 11.9 Å². The van der Waals surface area contributed by atoms with E-state index in [2.05, 4.69) is 0 Å². The van der Waals surface area contributed by atoms with Gasteiger partial charge in [0.2, 0.25) is 0 Å². The summed E-state index contributed by atoms with van der Waals surface area (Å²) in [7, 11) is 0. The van der Waals surface area contributed by atoms with Crippen molar-refractivity contribution >= 4 is 11.9 Å². The fraction of sp³-hybridized carbons (Fsp3) is 0.222. The minimum Gasteiger partial charge on any atom is -0.481 e. The first-order valence-electron chi connectivity index (χ1n) is 7.49. The first-order valence-corrected chi connectivity index (χ1v) is 7.49. The van der Waals surface area contributed by atoms with E-state index < -0.39 is 24.5 Å². The van der Waals surface area contributed by atoms with E-state index in [9.17, 15) is 14.7 Å². The number of benzene rings is 2. The van der Waals surface area contributed by atoms with Crippen LogP contribution < -0.4 is 0 Å². The van der Waals surface area contributed by atoms with E-state index >= 15 is 0 Å². The molecule has 1 atom stereocenters. The summed E-state index contributed by atoms with van der Waals surface area (Å²) in [5, 5.41) is 19.5. The van der Waals surface area contributed by atoms with Crippen LogP contribution >= 0.6 is 0 Å². The molecular weight excluding hydrogens is 310 g/mol. The molecule has 0 aliphatic heterocycles. The van der Waals surface area contributed by atoms with Gasteiger partial charge in [0.25, 0.3) is 0 Å². The van der Waals surface area contributed by atoms with Crippen molar-refractivity contribution < 1.29 is 24.6 Å². The van der Waals surface area contributed by atoms with Gasteiger partial charge < -0.3 is 10.2 Å². The largest absolute Gasteiger partial charge is 0.481 e. The van der Waals surface area contributed by atoms with Crippen molar-refractivity contribution in [1.82, 2.24) is 5.06 Å². The van der Waals surface area contributed by atoms with Gasteiger partial charge in [-0.2, -0.15) is 5.06 Å². The Morgan fingerprint density at radius 3 is 1.71 bits per heavy atom. The fourth-order valence-electron chi connectivity index (χ4n) is 2.21. The molecule has 0 aliphatic carbocycles. The van der Waals surface area contributed by atoms with Crippen molar-refractivity contribution in [1.29, 1.82) is 0 Å². The van der Waals surface area contributed by atoms with E-state index in [1.165, 1.54) is 5.06 Å². The van der Waals surface area contributed by atoms with E-state index in [1.807, 2.05) is 60.7 Å². The molecule has 0 bridgehead atoms. The van der Waals surface area contributed by atoms with Gasteiger partial charge in [-0.25, -0.2) is 4.79 Å². The number of rotatable bonds is 9. The lowest BCUT2D eigenvalue weighted by molar-refractivity contribution is -0.222. The maximum Gasteiger partial charge on any atom is 0.335 e. The molecule has 0 radical (unpaired) electrons. The minimum atomic E-state index is -1.44. The average molecular weight is 329 g/mol. The van der Waals surface area contributed by atoms with Gasteiger partial charge in [0, 0.05) is 13.1 Å². The van der Waals surface area contributed by atoms with Crippen LogP contribution in [-0.2, 0) is 27.5 Å². The number of carbonyl (C=O) groups is 2. The Labute approximate surface area is 139 Å². The first kappa shape index (κ1) is 17.7. The van der Waals surface area contributed by atoms with Crippen molar-refractivity contribution in [3.63, 3.8) is 0 Å². The van der Waals surface area contributed by atoms with Crippen LogP contribution in [0.3, 0.4) is 0 Å². The zero-order valence-corrected chi connectivity index (χ0v) is 13.0. The number of aliphatic carboxylic acids is 2. The molecule has 0 fully saturated rings. The summed E-state index contributed by atoms with van der Waals surface area (Å²) in [5.41, 5.74) is 1.88. The Balaban J connectivity index is 2.14. The zero-order chi connectivity index (χ0) is 17.4. The number of hydrogen-bond donors (Lipinski definition) is 2. The van der Waals surface area contributed by atoms with Crippen LogP contribution in [0.25, 0.3) is 0 Å². The molecule has 2 aromatic rings. The van der Waals surface area contributed by atoms with E-state index in [4.69, 9.17) is 9.94 Å². The second kappa shape index (κ2) is 8.81. The Hall–Kier alpha value is -2.70. The van der Waals surface area contributed by atoms with Gasteiger partial charge in [-0.3, -0.25) is 9.63 Å². The second-order valence-electron chi connectivity index (χ2n) is 5.30. The van der Waals surface area contributed by atoms with Crippen LogP contribution in [0.4, 0.5) is 0 Å². The van der Waals surface area contributed by atoms with Crippen LogP contribution in [0.5, 0.6) is 0 Å². The average Bonchev–Trinajstić information content (AvgIpc) is 2.55. The lowest BCUT2D eigenvalue weighted by atomic mass is 10.2. The standard InChI is InChI=1S/C18H19NO5/c20-17(21)11-16(18(22)23)24-19(12-14-7-3-1-4-8-14)13-15-9-5-2-6-10-15/h1-10,16H,11-13H2,(H,20,21)(H,22,23). The quantitative estimate of drug-likeness (QED) is 0.688. The number of hydrogen-bond acceptors (Lipinski definition) is 4. The van der Waals surface area contributed by atoms with Crippen molar-refractivity contribution in [2.45, 2.75) is 25.6 Å². The molecule has 2 aromatic carbocycles. The highest BCUT2D eigenvalue weighted by Crippen LogP contribution is 2.13. The molecule has 0 saturated carbocycles. The number of nitrogens with zero attached hydrogens (tertiary/aromatic N) is 1. The molecule has 0 spiro atoms. The summed E-state index contributed by atoms with van der Waals surface area (Å²) in [6.45, 7) is 0.693. The van der Waals surface area contributed by atoms with Crippen LogP contribution in [0, 0.1) is 0 Å². The Morgan fingerprint density at radius 1 is 0.875 bits per heavy atom. The highest BCUT2D eigenvalue weighted by Gasteiger charge is 2.25. The highest BCUT2D eigenvalue weighted by atomic mass is 16.7. The van der Waals surface area contributed by atoms with E-state index in [-0.39, 0.29) is 0 Å². The van der Waals surface area contributed by atoms with Crippen molar-refractivity contribution in [2.24, 2.45) is 0 Å². The molecule has 2 N–H and O–H groups in total. The van der Waals surface area contributed by atoms with Gasteiger partial charge in [0.1, 0.15) is 0 Å². The van der Waals surface area contributed by atoms with Crippen LogP contribution in [0.2, 0.25) is 0 Å². The molecule has 1 unspecified atom stereocenters. The predicted molar refractivity (Wildman–Crippen MR) is 86.9 cm³/mol. The van der Waals surface area contributed by atoms with Crippen molar-refractivity contribution in [3.05, 3.63) is 71.8 Å². The molecule has 0 amide bonds. The third kappa shape index (κ3) is 5.83. The zero-order valence-electron chi connectivity index (χ0n) is 13.0. The molecule has 0 aliphatic rings. The molecule has 6 heteroatoms. The highest BCUT2D eigenvalue weighted by molar-refractivity contribution is 5.79. The van der Waals surface area contributed by atoms with Crippen LogP contribution in [0.15, 0.2) is 60.7 Å². The Kier molecular flexibility index (Phi) is 6.48. The minimum absolute atomic E-state index is 0.346. The van der Waals surface area contributed by atoms with E-state index in [0.717, 1.165) is 11.1 Å². The summed E-state index contributed by atoms with van der Waals surface area (Å²) < 4.78 is 0. The molecule has 126 valence electrons. The van der Waals surface area contributed by atoms with Gasteiger partial charge in [-0.15, -0.1) is 0 Å². The normalized spacial score (nSPS) is 12.0. The third-order valence-electron chi connectivity index (χ3n) is 3.32. The molecule has 6 nitrogen and oxygen atoms in total. The molecular formula is C18H19NO5. The summed E-state index contributed by atoms with van der Waals surface area (Å²) in [5.74, 6) is -2.52. The molecule has 0 saturated heterocycles. The van der Waals surface area contributed by atoms with E-state index in [0.29, 0.717) is 13.1 Å². The lowest BCUT2D eigenvalue weighted by Crippen LogP contribution is -2.35. The molecule has 2 rings (SSSR count). The predicted octanol–water partition coefficient (Wildman–Crippen LogP) is 2.55. The fourth-order valence-corrected chi connectivity index (χ4v) is 2.21. The Morgan fingerprint density at radius 2 is 1.33 bits per heavy atom. The lowest BCUT2D eigenvalue weighted by Gasteiger charge is -2.25. The number of carboxylic acid groups (broad SMARTS) is 2. The van der Waals surface area contributed by atoms with Crippen LogP contribution in [0.1, 0.15) is 17.5 Å². The molecule has 0 heterocycles. The summed E-state index contributed by atoms with van der Waals surface area (Å²) in [6.07, 6.45) is -2.04. The molecule has 24 heavy (non-hydrogen) atoms. The SMILES string of the molecule is O=C(O)CC(ON(Cc1ccccc1)Cc1ccccc1)C(=O)O. The van der Waals surface area contributed by atoms with Gasteiger partial charge in [0.15, 0.2) is 6.10 Å². The maximum atomic E-state index is 11.3. The monoisotopic (exact) mass is 329 g/mol. The van der Waals surface area contributed by atoms with Crippen molar-refractivity contribution in [2.75, 3.05) is 0 Å². The summed E-state index contributed by atoms with van der Waals surface area (Å²) in [4.78, 5) is 27.6.